The van der Waals surface area contributed by atoms with Crippen LogP contribution in [0.1, 0.15) is 38.8 Å². The molecule has 0 heterocycles. The fourth-order valence-corrected chi connectivity index (χ4v) is 1.41. The second-order valence-corrected chi connectivity index (χ2v) is 3.34. The molecule has 3 N–H and O–H groups in total. The van der Waals surface area contributed by atoms with Crippen molar-refractivity contribution in [3.05, 3.63) is 35.4 Å². The number of aliphatic hydroxyl groups is 1. The van der Waals surface area contributed by atoms with Gasteiger partial charge in [-0.2, -0.15) is 0 Å². The molecule has 112 valence electrons. The normalized spacial score (nSPS) is 10.7. The van der Waals surface area contributed by atoms with E-state index < -0.39 is 0 Å². The van der Waals surface area contributed by atoms with E-state index in [0.29, 0.717) is 13.0 Å². The third kappa shape index (κ3) is 9.62. The van der Waals surface area contributed by atoms with E-state index in [1.165, 1.54) is 7.11 Å². The number of nitrogens with two attached hydrogens (primary N) is 1. The molecule has 0 spiro atoms. The molecule has 0 saturated carbocycles. The first-order valence-electron chi connectivity index (χ1n) is 6.86. The molecule has 0 aliphatic carbocycles. The summed E-state index contributed by atoms with van der Waals surface area (Å²) in [6.07, 6.45) is 0.667. The van der Waals surface area contributed by atoms with Crippen molar-refractivity contribution in [2.45, 2.75) is 46.8 Å². The van der Waals surface area contributed by atoms with E-state index >= 15 is 0 Å². The highest BCUT2D eigenvalue weighted by Gasteiger charge is 2.07. The van der Waals surface area contributed by atoms with Gasteiger partial charge in [-0.15, -0.1) is 0 Å². The minimum absolute atomic E-state index is 0.0357. The number of hydrogen-bond donors (Lipinski definition) is 2. The molecular formula is C15H29NO3. The molecular weight excluding hydrogens is 242 g/mol. The lowest BCUT2D eigenvalue weighted by molar-refractivity contribution is -0.274. The number of hydrogen-bond acceptors (Lipinski definition) is 4. The highest BCUT2D eigenvalue weighted by Crippen LogP contribution is 2.10. The zero-order valence-corrected chi connectivity index (χ0v) is 12.8. The first kappa shape index (κ1) is 20.4. The second-order valence-electron chi connectivity index (χ2n) is 3.34. The first-order chi connectivity index (χ1) is 9.27. The lowest BCUT2D eigenvalue weighted by Gasteiger charge is -2.12. The second kappa shape index (κ2) is 15.1. The molecule has 0 aliphatic rings. The maximum Gasteiger partial charge on any atom is 0.0976 e. The Bertz CT molecular complexity index is 292. The van der Waals surface area contributed by atoms with E-state index in [0.717, 1.165) is 11.1 Å². The third-order valence-electron chi connectivity index (χ3n) is 2.17. The molecule has 1 unspecified atom stereocenters. The van der Waals surface area contributed by atoms with Gasteiger partial charge in [0.15, 0.2) is 0 Å². The number of rotatable bonds is 6. The summed E-state index contributed by atoms with van der Waals surface area (Å²) in [6, 6.07) is 7.54. The Labute approximate surface area is 117 Å². The first-order valence-corrected chi connectivity index (χ1v) is 6.86. The predicted octanol–water partition coefficient (Wildman–Crippen LogP) is 2.68. The van der Waals surface area contributed by atoms with Gasteiger partial charge in [-0.05, 0) is 17.5 Å². The summed E-state index contributed by atoms with van der Waals surface area (Å²) in [5.74, 6) is 0. The van der Waals surface area contributed by atoms with Crippen molar-refractivity contribution in [1.29, 1.82) is 0 Å². The minimum atomic E-state index is -0.127. The van der Waals surface area contributed by atoms with Crippen LogP contribution in [-0.2, 0) is 22.8 Å². The van der Waals surface area contributed by atoms with Crippen LogP contribution in [-0.4, -0.2) is 24.9 Å². The highest BCUT2D eigenvalue weighted by atomic mass is 17.2. The van der Waals surface area contributed by atoms with Crippen LogP contribution < -0.4 is 5.73 Å². The Balaban J connectivity index is 0. The Morgan fingerprint density at radius 3 is 2.11 bits per heavy atom. The lowest BCUT2D eigenvalue weighted by Crippen LogP contribution is -2.28. The molecule has 0 fully saturated rings. The standard InChI is InChI=1S/C11H17NO3.2C2H6/c1-14-15-8-11(12)6-9-4-2-3-5-10(9)7-13;2*1-2/h2-5,11,13H,6-8,12H2,1H3;2*1-2H3. The van der Waals surface area contributed by atoms with E-state index in [9.17, 15) is 0 Å². The molecule has 0 saturated heterocycles. The zero-order chi connectivity index (χ0) is 15.1. The monoisotopic (exact) mass is 271 g/mol. The molecule has 0 aromatic heterocycles. The molecule has 0 bridgehead atoms. The SMILES string of the molecule is CC.CC.COOCC(N)Cc1ccccc1CO. The smallest absolute Gasteiger partial charge is 0.0976 e. The summed E-state index contributed by atoms with van der Waals surface area (Å²) in [6.45, 7) is 8.38. The number of aliphatic hydroxyl groups excluding tert-OH is 1. The van der Waals surface area contributed by atoms with Crippen molar-refractivity contribution in [1.82, 2.24) is 0 Å². The van der Waals surface area contributed by atoms with Crippen LogP contribution in [0.2, 0.25) is 0 Å². The molecule has 0 radical (unpaired) electrons. The summed E-state index contributed by atoms with van der Waals surface area (Å²) in [7, 11) is 1.45. The summed E-state index contributed by atoms with van der Waals surface area (Å²) in [5, 5.41) is 9.11. The van der Waals surface area contributed by atoms with Crippen LogP contribution in [0.3, 0.4) is 0 Å². The van der Waals surface area contributed by atoms with Gasteiger partial charge in [0.25, 0.3) is 0 Å². The molecule has 4 heteroatoms. The Kier molecular flexibility index (Phi) is 16.2. The summed E-state index contributed by atoms with van der Waals surface area (Å²) in [5.41, 5.74) is 7.78. The Morgan fingerprint density at radius 2 is 1.63 bits per heavy atom. The van der Waals surface area contributed by atoms with E-state index in [1.807, 2.05) is 52.0 Å². The Morgan fingerprint density at radius 1 is 1.11 bits per heavy atom. The fourth-order valence-electron chi connectivity index (χ4n) is 1.41. The summed E-state index contributed by atoms with van der Waals surface area (Å²) < 4.78 is 0. The number of benzene rings is 1. The van der Waals surface area contributed by atoms with Crippen LogP contribution in [0.5, 0.6) is 0 Å². The Hall–Kier alpha value is -0.940. The quantitative estimate of drug-likeness (QED) is 0.617. The van der Waals surface area contributed by atoms with Crippen LogP contribution in [0.4, 0.5) is 0 Å². The van der Waals surface area contributed by atoms with Gasteiger partial charge in [-0.25, -0.2) is 9.78 Å². The molecule has 1 aromatic rings. The molecule has 0 aliphatic heterocycles. The maximum absolute atomic E-state index is 9.11. The summed E-state index contributed by atoms with van der Waals surface area (Å²) in [4.78, 5) is 9.23. The van der Waals surface area contributed by atoms with Crippen molar-refractivity contribution in [3.63, 3.8) is 0 Å². The van der Waals surface area contributed by atoms with Crippen LogP contribution in [0, 0.1) is 0 Å². The fraction of sp³-hybridized carbons (Fsp3) is 0.600. The minimum Gasteiger partial charge on any atom is -0.392 e. The largest absolute Gasteiger partial charge is 0.392 e. The van der Waals surface area contributed by atoms with Crippen molar-refractivity contribution in [2.75, 3.05) is 13.7 Å². The van der Waals surface area contributed by atoms with Crippen molar-refractivity contribution in [3.8, 4) is 0 Å². The van der Waals surface area contributed by atoms with E-state index in [2.05, 4.69) is 4.89 Å². The van der Waals surface area contributed by atoms with Crippen LogP contribution >= 0.6 is 0 Å². The molecule has 1 aromatic carbocycles. The summed E-state index contributed by atoms with van der Waals surface area (Å²) >= 11 is 0. The third-order valence-corrected chi connectivity index (χ3v) is 2.17. The molecule has 1 rings (SSSR count). The van der Waals surface area contributed by atoms with Gasteiger partial charge in [0.1, 0.15) is 0 Å². The average molecular weight is 271 g/mol. The molecule has 1 atom stereocenters. The predicted molar refractivity (Wildman–Crippen MR) is 79.7 cm³/mol. The van der Waals surface area contributed by atoms with Crippen LogP contribution in [0.25, 0.3) is 0 Å². The topological polar surface area (TPSA) is 64.7 Å². The lowest BCUT2D eigenvalue weighted by atomic mass is 10.0. The van der Waals surface area contributed by atoms with Gasteiger partial charge in [-0.3, -0.25) is 0 Å². The van der Waals surface area contributed by atoms with E-state index in [4.69, 9.17) is 15.7 Å². The molecule has 0 amide bonds. The van der Waals surface area contributed by atoms with Crippen LogP contribution in [0.15, 0.2) is 24.3 Å². The van der Waals surface area contributed by atoms with Gasteiger partial charge in [0, 0.05) is 6.04 Å². The maximum atomic E-state index is 9.11. The van der Waals surface area contributed by atoms with Gasteiger partial charge in [0.05, 0.1) is 20.3 Å². The van der Waals surface area contributed by atoms with E-state index in [-0.39, 0.29) is 12.6 Å². The molecule has 4 nitrogen and oxygen atoms in total. The van der Waals surface area contributed by atoms with Crippen molar-refractivity contribution in [2.24, 2.45) is 5.73 Å². The van der Waals surface area contributed by atoms with Gasteiger partial charge in [-0.1, -0.05) is 52.0 Å². The molecule has 19 heavy (non-hydrogen) atoms. The van der Waals surface area contributed by atoms with Gasteiger partial charge < -0.3 is 10.8 Å². The van der Waals surface area contributed by atoms with Crippen molar-refractivity contribution >= 4 is 0 Å². The van der Waals surface area contributed by atoms with Gasteiger partial charge in [0.2, 0.25) is 0 Å². The zero-order valence-electron chi connectivity index (χ0n) is 12.8. The highest BCUT2D eigenvalue weighted by molar-refractivity contribution is 5.27. The van der Waals surface area contributed by atoms with Crippen molar-refractivity contribution < 1.29 is 14.9 Å². The van der Waals surface area contributed by atoms with E-state index in [1.54, 1.807) is 0 Å². The van der Waals surface area contributed by atoms with Gasteiger partial charge >= 0.3 is 0 Å². The average Bonchev–Trinajstić information content (AvgIpc) is 2.50.